The summed E-state index contributed by atoms with van der Waals surface area (Å²) in [6.07, 6.45) is 0. The van der Waals surface area contributed by atoms with Gasteiger partial charge in [-0.05, 0) is 19.1 Å². The largest absolute Gasteiger partial charge is 0.468 e. The molecule has 1 atom stereocenters. The third-order valence-electron chi connectivity index (χ3n) is 3.00. The van der Waals surface area contributed by atoms with Crippen LogP contribution in [-0.2, 0) is 23.1 Å². The molecule has 1 N–H and O–H groups in total. The van der Waals surface area contributed by atoms with Crippen molar-refractivity contribution in [3.63, 3.8) is 0 Å². The van der Waals surface area contributed by atoms with Gasteiger partial charge in [0.05, 0.1) is 24.7 Å². The van der Waals surface area contributed by atoms with Gasteiger partial charge in [0, 0.05) is 7.05 Å². The smallest absolute Gasteiger partial charge is 0.322 e. The number of fused-ring (bicyclic) bond motifs is 1. The maximum atomic E-state index is 11.3. The van der Waals surface area contributed by atoms with Crippen molar-refractivity contribution < 1.29 is 9.53 Å². The van der Waals surface area contributed by atoms with E-state index < -0.39 is 0 Å². The summed E-state index contributed by atoms with van der Waals surface area (Å²) < 4.78 is 6.68. The molecule has 0 fully saturated rings. The summed E-state index contributed by atoms with van der Waals surface area (Å²) in [6.45, 7) is 2.30. The van der Waals surface area contributed by atoms with Gasteiger partial charge in [-0.15, -0.1) is 0 Å². The first-order chi connectivity index (χ1) is 8.63. The molecule has 96 valence electrons. The van der Waals surface area contributed by atoms with Gasteiger partial charge in [-0.3, -0.25) is 10.1 Å². The highest BCUT2D eigenvalue weighted by atomic mass is 16.5. The Labute approximate surface area is 106 Å². The number of aryl methyl sites for hydroxylation is 1. The minimum absolute atomic E-state index is 0.270. The zero-order valence-corrected chi connectivity index (χ0v) is 10.8. The Kier molecular flexibility index (Phi) is 3.62. The third kappa shape index (κ3) is 2.36. The molecule has 0 spiro atoms. The molecule has 1 aromatic heterocycles. The second-order valence-electron chi connectivity index (χ2n) is 4.20. The quantitative estimate of drug-likeness (QED) is 0.825. The van der Waals surface area contributed by atoms with Crippen molar-refractivity contribution in [1.29, 1.82) is 0 Å². The molecule has 0 amide bonds. The van der Waals surface area contributed by atoms with E-state index in [0.29, 0.717) is 6.54 Å². The zero-order chi connectivity index (χ0) is 13.1. The van der Waals surface area contributed by atoms with Crippen molar-refractivity contribution in [3.8, 4) is 0 Å². The number of nitrogens with one attached hydrogen (secondary N) is 1. The van der Waals surface area contributed by atoms with Gasteiger partial charge in [-0.2, -0.15) is 0 Å². The van der Waals surface area contributed by atoms with Crippen LogP contribution in [0.1, 0.15) is 12.7 Å². The van der Waals surface area contributed by atoms with E-state index >= 15 is 0 Å². The van der Waals surface area contributed by atoms with Crippen LogP contribution in [0.25, 0.3) is 11.0 Å². The number of para-hydroxylation sites is 2. The minimum Gasteiger partial charge on any atom is -0.468 e. The molecule has 0 bridgehead atoms. The molecular weight excluding hydrogens is 230 g/mol. The average Bonchev–Trinajstić information content (AvgIpc) is 2.72. The van der Waals surface area contributed by atoms with Crippen molar-refractivity contribution in [2.24, 2.45) is 7.05 Å². The average molecular weight is 247 g/mol. The number of methoxy groups -OCH3 is 1. The molecule has 0 saturated carbocycles. The van der Waals surface area contributed by atoms with Gasteiger partial charge in [0.1, 0.15) is 11.9 Å². The SMILES string of the molecule is COC(=O)C(C)NCc1nc2ccccc2n1C. The van der Waals surface area contributed by atoms with Gasteiger partial charge >= 0.3 is 5.97 Å². The molecule has 2 rings (SSSR count). The third-order valence-corrected chi connectivity index (χ3v) is 3.00. The Morgan fingerprint density at radius 3 is 2.89 bits per heavy atom. The van der Waals surface area contributed by atoms with Crippen LogP contribution in [0.15, 0.2) is 24.3 Å². The van der Waals surface area contributed by atoms with E-state index in [-0.39, 0.29) is 12.0 Å². The Bertz CT molecular complexity index is 562. The number of hydrogen-bond acceptors (Lipinski definition) is 4. The lowest BCUT2D eigenvalue weighted by Crippen LogP contribution is -2.34. The van der Waals surface area contributed by atoms with Crippen LogP contribution in [0.3, 0.4) is 0 Å². The Hall–Kier alpha value is -1.88. The molecule has 0 aliphatic carbocycles. The highest BCUT2D eigenvalue weighted by molar-refractivity contribution is 5.76. The molecule has 1 unspecified atom stereocenters. The first-order valence-electron chi connectivity index (χ1n) is 5.85. The number of nitrogens with zero attached hydrogens (tertiary/aromatic N) is 2. The van der Waals surface area contributed by atoms with Crippen LogP contribution in [-0.4, -0.2) is 28.7 Å². The number of esters is 1. The molecule has 0 aliphatic rings. The summed E-state index contributed by atoms with van der Waals surface area (Å²) in [5.74, 6) is 0.626. The van der Waals surface area contributed by atoms with Crippen LogP contribution in [0.4, 0.5) is 0 Å². The Morgan fingerprint density at radius 1 is 1.50 bits per heavy atom. The number of rotatable bonds is 4. The summed E-state index contributed by atoms with van der Waals surface area (Å²) in [4.78, 5) is 15.8. The summed E-state index contributed by atoms with van der Waals surface area (Å²) in [5.41, 5.74) is 2.04. The van der Waals surface area contributed by atoms with E-state index in [1.807, 2.05) is 35.9 Å². The van der Waals surface area contributed by atoms with E-state index in [0.717, 1.165) is 16.9 Å². The monoisotopic (exact) mass is 247 g/mol. The van der Waals surface area contributed by atoms with Crippen LogP contribution >= 0.6 is 0 Å². The molecule has 5 nitrogen and oxygen atoms in total. The fraction of sp³-hybridized carbons (Fsp3) is 0.385. The van der Waals surface area contributed by atoms with E-state index in [2.05, 4.69) is 15.0 Å². The molecule has 5 heteroatoms. The Morgan fingerprint density at radius 2 is 2.22 bits per heavy atom. The maximum absolute atomic E-state index is 11.3. The number of imidazole rings is 1. The number of ether oxygens (including phenoxy) is 1. The van der Waals surface area contributed by atoms with E-state index in [1.165, 1.54) is 7.11 Å². The number of hydrogen-bond donors (Lipinski definition) is 1. The van der Waals surface area contributed by atoms with Crippen molar-refractivity contribution >= 4 is 17.0 Å². The first kappa shape index (κ1) is 12.6. The van der Waals surface area contributed by atoms with Crippen molar-refractivity contribution in [2.75, 3.05) is 7.11 Å². The maximum Gasteiger partial charge on any atom is 0.322 e. The number of carbonyl (C=O) groups is 1. The van der Waals surface area contributed by atoms with E-state index in [9.17, 15) is 4.79 Å². The van der Waals surface area contributed by atoms with Gasteiger partial charge in [-0.1, -0.05) is 12.1 Å². The summed E-state index contributed by atoms with van der Waals surface area (Å²) in [6, 6.07) is 7.61. The van der Waals surface area contributed by atoms with E-state index in [4.69, 9.17) is 0 Å². The fourth-order valence-corrected chi connectivity index (χ4v) is 1.86. The van der Waals surface area contributed by atoms with E-state index in [1.54, 1.807) is 6.92 Å². The van der Waals surface area contributed by atoms with Crippen LogP contribution in [0, 0.1) is 0 Å². The van der Waals surface area contributed by atoms with Crippen LogP contribution in [0.2, 0.25) is 0 Å². The van der Waals surface area contributed by atoms with Crippen LogP contribution < -0.4 is 5.32 Å². The number of benzene rings is 1. The molecule has 18 heavy (non-hydrogen) atoms. The molecular formula is C13H17N3O2. The predicted octanol–water partition coefficient (Wildman–Crippen LogP) is 1.22. The zero-order valence-electron chi connectivity index (χ0n) is 10.8. The topological polar surface area (TPSA) is 56.1 Å². The van der Waals surface area contributed by atoms with Crippen molar-refractivity contribution in [1.82, 2.24) is 14.9 Å². The van der Waals surface area contributed by atoms with Gasteiger partial charge in [-0.25, -0.2) is 4.98 Å². The molecule has 0 aliphatic heterocycles. The van der Waals surface area contributed by atoms with Gasteiger partial charge in [0.25, 0.3) is 0 Å². The molecule has 0 radical (unpaired) electrons. The number of carbonyl (C=O) groups excluding carboxylic acids is 1. The van der Waals surface area contributed by atoms with Crippen molar-refractivity contribution in [3.05, 3.63) is 30.1 Å². The molecule has 1 aromatic carbocycles. The van der Waals surface area contributed by atoms with Gasteiger partial charge in [0.2, 0.25) is 0 Å². The standard InChI is InChI=1S/C13H17N3O2/c1-9(13(17)18-3)14-8-12-15-10-6-4-5-7-11(10)16(12)2/h4-7,9,14H,8H2,1-3H3. The second-order valence-corrected chi connectivity index (χ2v) is 4.20. The lowest BCUT2D eigenvalue weighted by Gasteiger charge is -2.11. The highest BCUT2D eigenvalue weighted by Crippen LogP contribution is 2.13. The summed E-state index contributed by atoms with van der Waals surface area (Å²) in [7, 11) is 3.35. The van der Waals surface area contributed by atoms with Crippen molar-refractivity contribution in [2.45, 2.75) is 19.5 Å². The summed E-state index contributed by atoms with van der Waals surface area (Å²) in [5, 5.41) is 3.09. The number of aromatic nitrogens is 2. The summed E-state index contributed by atoms with van der Waals surface area (Å²) >= 11 is 0. The lowest BCUT2D eigenvalue weighted by atomic mass is 10.3. The molecule has 1 heterocycles. The highest BCUT2D eigenvalue weighted by Gasteiger charge is 2.14. The minimum atomic E-state index is -0.338. The lowest BCUT2D eigenvalue weighted by molar-refractivity contribution is -0.142. The van der Waals surface area contributed by atoms with Gasteiger partial charge in [0.15, 0.2) is 0 Å². The second kappa shape index (κ2) is 5.18. The van der Waals surface area contributed by atoms with Crippen LogP contribution in [0.5, 0.6) is 0 Å². The molecule has 2 aromatic rings. The predicted molar refractivity (Wildman–Crippen MR) is 69.0 cm³/mol. The first-order valence-corrected chi connectivity index (χ1v) is 5.85. The molecule has 0 saturated heterocycles. The van der Waals surface area contributed by atoms with Gasteiger partial charge < -0.3 is 9.30 Å². The fourth-order valence-electron chi connectivity index (χ4n) is 1.86. The Balaban J connectivity index is 2.13. The normalized spacial score (nSPS) is 12.6.